The number of anilines is 1. The van der Waals surface area contributed by atoms with Crippen LogP contribution < -0.4 is 19.1 Å². The first-order valence-electron chi connectivity index (χ1n) is 12.9. The largest absolute Gasteiger partial charge is 0.507 e. The van der Waals surface area contributed by atoms with Crippen molar-refractivity contribution in [2.45, 2.75) is 25.8 Å². The number of unbranched alkanes of at least 4 members (excludes halogenated alkanes) is 1. The summed E-state index contributed by atoms with van der Waals surface area (Å²) in [6.45, 7) is 3.41. The number of nitrogens with zero attached hydrogens (tertiary/aromatic N) is 2. The van der Waals surface area contributed by atoms with E-state index >= 15 is 0 Å². The molecule has 8 nitrogen and oxygen atoms in total. The van der Waals surface area contributed by atoms with E-state index in [0.29, 0.717) is 63.9 Å². The maximum atomic E-state index is 13.6. The zero-order valence-electron chi connectivity index (χ0n) is 21.6. The minimum Gasteiger partial charge on any atom is -0.507 e. The Kier molecular flexibility index (Phi) is 7.08. The third-order valence-electron chi connectivity index (χ3n) is 6.75. The molecule has 40 heavy (non-hydrogen) atoms. The molecule has 0 bridgehead atoms. The monoisotopic (exact) mass is 576 g/mol. The number of ether oxygens (including phenoxy) is 3. The maximum absolute atomic E-state index is 13.6. The Hall–Kier alpha value is -4.08. The van der Waals surface area contributed by atoms with E-state index in [2.05, 4.69) is 11.9 Å². The van der Waals surface area contributed by atoms with E-state index in [9.17, 15) is 14.7 Å². The van der Waals surface area contributed by atoms with Gasteiger partial charge in [0.05, 0.1) is 28.4 Å². The maximum Gasteiger partial charge on any atom is 0.301 e. The van der Waals surface area contributed by atoms with Crippen molar-refractivity contribution in [2.75, 3.05) is 24.7 Å². The molecule has 0 unspecified atom stereocenters. The average Bonchev–Trinajstić information content (AvgIpc) is 3.50. The number of Topliss-reactive ketones (excluding diaryl/α,β-unsaturated/α-hetero) is 1. The summed E-state index contributed by atoms with van der Waals surface area (Å²) in [6, 6.07) is 16.4. The van der Waals surface area contributed by atoms with Gasteiger partial charge in [-0.25, -0.2) is 4.98 Å². The third-order valence-corrected chi connectivity index (χ3v) is 8.00. The predicted octanol–water partition coefficient (Wildman–Crippen LogP) is 6.53. The molecule has 0 spiro atoms. The Morgan fingerprint density at radius 2 is 1.93 bits per heavy atom. The molecule has 204 valence electrons. The fourth-order valence-corrected chi connectivity index (χ4v) is 6.06. The molecule has 1 amide bonds. The van der Waals surface area contributed by atoms with Gasteiger partial charge in [-0.3, -0.25) is 14.5 Å². The van der Waals surface area contributed by atoms with Crippen LogP contribution in [0.3, 0.4) is 0 Å². The topological polar surface area (TPSA) is 98.2 Å². The number of aliphatic hydroxyl groups is 1. The molecular weight excluding hydrogens is 552 g/mol. The quantitative estimate of drug-likeness (QED) is 0.116. The summed E-state index contributed by atoms with van der Waals surface area (Å²) in [4.78, 5) is 33.2. The second-order valence-corrected chi connectivity index (χ2v) is 10.9. The zero-order valence-corrected chi connectivity index (χ0v) is 23.1. The first-order chi connectivity index (χ1) is 19.4. The SMILES string of the molecule is CCCCOc1cccc([C@@H]2C(=C(O)c3ccc4c(c3)OCCO4)C(=O)C(=O)N2c2nc3ccc(Cl)cc3s2)c1. The lowest BCUT2D eigenvalue weighted by molar-refractivity contribution is -0.132. The van der Waals surface area contributed by atoms with Crippen LogP contribution in [0.4, 0.5) is 5.13 Å². The molecule has 1 saturated heterocycles. The molecule has 1 aromatic heterocycles. The minimum absolute atomic E-state index is 0.0512. The van der Waals surface area contributed by atoms with Gasteiger partial charge in [0.25, 0.3) is 5.78 Å². The van der Waals surface area contributed by atoms with Crippen LogP contribution in [-0.2, 0) is 9.59 Å². The van der Waals surface area contributed by atoms with Crippen LogP contribution in [0.15, 0.2) is 66.2 Å². The van der Waals surface area contributed by atoms with E-state index in [1.165, 1.54) is 16.2 Å². The Morgan fingerprint density at radius 3 is 2.75 bits per heavy atom. The van der Waals surface area contributed by atoms with Crippen molar-refractivity contribution in [2.24, 2.45) is 0 Å². The van der Waals surface area contributed by atoms with Crippen molar-refractivity contribution in [1.29, 1.82) is 0 Å². The van der Waals surface area contributed by atoms with Crippen molar-refractivity contribution in [1.82, 2.24) is 4.98 Å². The fraction of sp³-hybridized carbons (Fsp3) is 0.233. The summed E-state index contributed by atoms with van der Waals surface area (Å²) in [5, 5.41) is 12.4. The van der Waals surface area contributed by atoms with Crippen LogP contribution in [0.1, 0.15) is 36.9 Å². The molecule has 3 aromatic carbocycles. The molecule has 0 aliphatic carbocycles. The van der Waals surface area contributed by atoms with Gasteiger partial charge in [0, 0.05) is 10.6 Å². The van der Waals surface area contributed by atoms with Crippen molar-refractivity contribution < 1.29 is 28.9 Å². The van der Waals surface area contributed by atoms with E-state index in [0.717, 1.165) is 17.5 Å². The number of aliphatic hydroxyl groups excluding tert-OH is 1. The smallest absolute Gasteiger partial charge is 0.301 e. The number of ketones is 1. The molecule has 3 heterocycles. The van der Waals surface area contributed by atoms with Crippen LogP contribution >= 0.6 is 22.9 Å². The lowest BCUT2D eigenvalue weighted by atomic mass is 9.95. The van der Waals surface area contributed by atoms with E-state index in [4.69, 9.17) is 25.8 Å². The number of rotatable bonds is 7. The second-order valence-electron chi connectivity index (χ2n) is 9.41. The molecule has 2 aliphatic rings. The molecule has 4 aromatic rings. The van der Waals surface area contributed by atoms with Crippen molar-refractivity contribution in [3.8, 4) is 17.2 Å². The molecule has 6 rings (SSSR count). The number of thiazole rings is 1. The van der Waals surface area contributed by atoms with Gasteiger partial charge >= 0.3 is 5.91 Å². The van der Waals surface area contributed by atoms with Crippen molar-refractivity contribution in [3.05, 3.63) is 82.4 Å². The van der Waals surface area contributed by atoms with E-state index in [1.807, 2.05) is 6.07 Å². The standard InChI is InChI=1S/C30H25ClN2O6S/c1-2-3-11-37-20-6-4-5-17(14-20)26-25(27(34)18-7-10-22-23(15-18)39-13-12-38-22)28(35)29(36)33(26)30-32-21-9-8-19(31)16-24(21)40-30/h4-10,14-16,26,34H,2-3,11-13H2,1H3/t26-/m1/s1. The summed E-state index contributed by atoms with van der Waals surface area (Å²) in [5.74, 6) is -0.310. The summed E-state index contributed by atoms with van der Waals surface area (Å²) in [7, 11) is 0. The summed E-state index contributed by atoms with van der Waals surface area (Å²) >= 11 is 7.43. The lowest BCUT2D eigenvalue weighted by Gasteiger charge is -2.24. The molecule has 0 radical (unpaired) electrons. The Morgan fingerprint density at radius 1 is 1.10 bits per heavy atom. The first-order valence-corrected chi connectivity index (χ1v) is 14.1. The van der Waals surface area contributed by atoms with Crippen LogP contribution in [0.25, 0.3) is 16.0 Å². The van der Waals surface area contributed by atoms with Crippen LogP contribution in [-0.4, -0.2) is 41.6 Å². The van der Waals surface area contributed by atoms with Crippen molar-refractivity contribution >= 4 is 55.7 Å². The highest BCUT2D eigenvalue weighted by Crippen LogP contribution is 2.45. The van der Waals surface area contributed by atoms with Gasteiger partial charge in [0.1, 0.15) is 24.7 Å². The number of carbonyl (C=O) groups is 2. The van der Waals surface area contributed by atoms with E-state index in [-0.39, 0.29) is 11.3 Å². The molecule has 10 heteroatoms. The Bertz CT molecular complexity index is 1670. The summed E-state index contributed by atoms with van der Waals surface area (Å²) < 4.78 is 18.0. The zero-order chi connectivity index (χ0) is 27.8. The van der Waals surface area contributed by atoms with E-state index in [1.54, 1.807) is 54.6 Å². The molecule has 1 atom stereocenters. The fourth-order valence-electron chi connectivity index (χ4n) is 4.79. The van der Waals surface area contributed by atoms with Crippen molar-refractivity contribution in [3.63, 3.8) is 0 Å². The van der Waals surface area contributed by atoms with Crippen LogP contribution in [0, 0.1) is 0 Å². The van der Waals surface area contributed by atoms with Gasteiger partial charge in [-0.15, -0.1) is 0 Å². The number of fused-ring (bicyclic) bond motifs is 2. The van der Waals surface area contributed by atoms with Crippen LogP contribution in [0.2, 0.25) is 5.02 Å². The van der Waals surface area contributed by atoms with Gasteiger partial charge in [-0.05, 0) is 60.5 Å². The molecular formula is C30H25ClN2O6S. The Balaban J connectivity index is 1.50. The molecule has 1 fully saturated rings. The number of amides is 1. The summed E-state index contributed by atoms with van der Waals surface area (Å²) in [6.07, 6.45) is 1.87. The number of hydrogen-bond acceptors (Lipinski definition) is 8. The number of carbonyl (C=O) groups excluding carboxylic acids is 2. The lowest BCUT2D eigenvalue weighted by Crippen LogP contribution is -2.29. The average molecular weight is 577 g/mol. The van der Waals surface area contributed by atoms with Gasteiger partial charge in [-0.2, -0.15) is 0 Å². The number of benzene rings is 3. The predicted molar refractivity (Wildman–Crippen MR) is 154 cm³/mol. The van der Waals surface area contributed by atoms with Gasteiger partial charge in [-0.1, -0.05) is 48.4 Å². The van der Waals surface area contributed by atoms with Gasteiger partial charge < -0.3 is 19.3 Å². The molecule has 2 aliphatic heterocycles. The highest BCUT2D eigenvalue weighted by Gasteiger charge is 2.48. The highest BCUT2D eigenvalue weighted by atomic mass is 35.5. The van der Waals surface area contributed by atoms with Crippen LogP contribution in [0.5, 0.6) is 17.2 Å². The Labute approximate surface area is 239 Å². The number of aromatic nitrogens is 1. The third kappa shape index (κ3) is 4.76. The summed E-state index contributed by atoms with van der Waals surface area (Å²) in [5.41, 5.74) is 1.53. The van der Waals surface area contributed by atoms with Gasteiger partial charge in [0.15, 0.2) is 16.6 Å². The minimum atomic E-state index is -0.945. The molecule has 0 saturated carbocycles. The number of halogens is 1. The normalized spacial score (nSPS) is 17.9. The first kappa shape index (κ1) is 26.2. The van der Waals surface area contributed by atoms with Gasteiger partial charge in [0.2, 0.25) is 0 Å². The highest BCUT2D eigenvalue weighted by molar-refractivity contribution is 7.22. The number of hydrogen-bond donors (Lipinski definition) is 1. The molecule has 1 N–H and O–H groups in total. The van der Waals surface area contributed by atoms with E-state index < -0.39 is 17.7 Å². The second kappa shape index (κ2) is 10.8.